The van der Waals surface area contributed by atoms with Gasteiger partial charge in [0.15, 0.2) is 0 Å². The maximum absolute atomic E-state index is 4.38. The van der Waals surface area contributed by atoms with Gasteiger partial charge in [0.25, 0.3) is 0 Å². The van der Waals surface area contributed by atoms with Gasteiger partial charge in [-0.15, -0.1) is 10.2 Å². The van der Waals surface area contributed by atoms with Crippen LogP contribution in [0.15, 0.2) is 0 Å². The Labute approximate surface area is 122 Å². The van der Waals surface area contributed by atoms with Crippen LogP contribution >= 0.6 is 0 Å². The van der Waals surface area contributed by atoms with Crippen LogP contribution in [0.1, 0.15) is 69.9 Å². The summed E-state index contributed by atoms with van der Waals surface area (Å²) in [4.78, 5) is 0. The van der Waals surface area contributed by atoms with Crippen LogP contribution in [0.25, 0.3) is 0 Å². The molecule has 1 aromatic rings. The molecule has 1 aromatic heterocycles. The molecule has 112 valence electrons. The van der Waals surface area contributed by atoms with Crippen LogP contribution in [-0.4, -0.2) is 20.8 Å². The lowest BCUT2D eigenvalue weighted by Gasteiger charge is -2.24. The van der Waals surface area contributed by atoms with Crippen molar-refractivity contribution in [1.82, 2.24) is 20.1 Å². The third kappa shape index (κ3) is 3.22. The standard InChI is InChI=1S/C16H28N4/c1-13(14-8-4-2-3-5-9-14)17-12-16-19-18-15-10-6-7-11-20(15)16/h13-14,17H,2-12H2,1H3/t13-/m0/s1. The van der Waals surface area contributed by atoms with E-state index < -0.39 is 0 Å². The van der Waals surface area contributed by atoms with Crippen LogP contribution in [0, 0.1) is 5.92 Å². The minimum absolute atomic E-state index is 0.602. The molecule has 0 saturated heterocycles. The molecule has 2 heterocycles. The zero-order chi connectivity index (χ0) is 13.8. The highest BCUT2D eigenvalue weighted by Gasteiger charge is 2.20. The summed E-state index contributed by atoms with van der Waals surface area (Å²) in [5, 5.41) is 12.4. The van der Waals surface area contributed by atoms with Crippen LogP contribution in [-0.2, 0) is 19.5 Å². The number of aromatic nitrogens is 3. The lowest BCUT2D eigenvalue weighted by atomic mass is 9.93. The van der Waals surface area contributed by atoms with Crippen molar-refractivity contribution in [3.63, 3.8) is 0 Å². The minimum atomic E-state index is 0.602. The Bertz CT molecular complexity index is 418. The molecule has 1 fully saturated rings. The molecule has 3 rings (SSSR count). The molecule has 0 aromatic carbocycles. The second-order valence-corrected chi connectivity index (χ2v) is 6.56. The van der Waals surface area contributed by atoms with Crippen molar-refractivity contribution in [1.29, 1.82) is 0 Å². The molecule has 2 aliphatic rings. The van der Waals surface area contributed by atoms with E-state index in [1.807, 2.05) is 0 Å². The Balaban J connectivity index is 1.54. The number of rotatable bonds is 4. The van der Waals surface area contributed by atoms with Gasteiger partial charge in [0.2, 0.25) is 0 Å². The highest BCUT2D eigenvalue weighted by molar-refractivity contribution is 4.99. The van der Waals surface area contributed by atoms with E-state index in [0.717, 1.165) is 31.3 Å². The molecule has 0 amide bonds. The molecule has 1 atom stereocenters. The molecular formula is C16H28N4. The van der Waals surface area contributed by atoms with Gasteiger partial charge >= 0.3 is 0 Å². The molecule has 0 unspecified atom stereocenters. The average molecular weight is 276 g/mol. The predicted molar refractivity (Wildman–Crippen MR) is 80.5 cm³/mol. The van der Waals surface area contributed by atoms with Crippen molar-refractivity contribution in [2.24, 2.45) is 5.92 Å². The largest absolute Gasteiger partial charge is 0.314 e. The Hall–Kier alpha value is -0.900. The fourth-order valence-corrected chi connectivity index (χ4v) is 3.73. The molecule has 1 N–H and O–H groups in total. The third-order valence-corrected chi connectivity index (χ3v) is 5.13. The summed E-state index contributed by atoms with van der Waals surface area (Å²) < 4.78 is 2.33. The quantitative estimate of drug-likeness (QED) is 0.859. The van der Waals surface area contributed by atoms with Gasteiger partial charge in [0.1, 0.15) is 11.6 Å². The van der Waals surface area contributed by atoms with E-state index in [9.17, 15) is 0 Å². The van der Waals surface area contributed by atoms with Crippen LogP contribution in [0.3, 0.4) is 0 Å². The van der Waals surface area contributed by atoms with Gasteiger partial charge < -0.3 is 9.88 Å². The molecule has 1 saturated carbocycles. The summed E-state index contributed by atoms with van der Waals surface area (Å²) in [6.07, 6.45) is 12.1. The van der Waals surface area contributed by atoms with Crippen LogP contribution in [0.5, 0.6) is 0 Å². The highest BCUT2D eigenvalue weighted by atomic mass is 15.3. The van der Waals surface area contributed by atoms with Gasteiger partial charge in [0, 0.05) is 19.0 Å². The maximum Gasteiger partial charge on any atom is 0.147 e. The van der Waals surface area contributed by atoms with E-state index in [1.54, 1.807) is 0 Å². The molecular weight excluding hydrogens is 248 g/mol. The molecule has 0 bridgehead atoms. The van der Waals surface area contributed by atoms with Gasteiger partial charge in [-0.25, -0.2) is 0 Å². The summed E-state index contributed by atoms with van der Waals surface area (Å²) in [7, 11) is 0. The van der Waals surface area contributed by atoms with Crippen LogP contribution < -0.4 is 5.32 Å². The Morgan fingerprint density at radius 2 is 1.90 bits per heavy atom. The van der Waals surface area contributed by atoms with E-state index in [4.69, 9.17) is 0 Å². The van der Waals surface area contributed by atoms with Crippen molar-refractivity contribution in [2.75, 3.05) is 0 Å². The zero-order valence-corrected chi connectivity index (χ0v) is 12.8. The lowest BCUT2D eigenvalue weighted by Crippen LogP contribution is -2.34. The van der Waals surface area contributed by atoms with Gasteiger partial charge in [-0.3, -0.25) is 0 Å². The van der Waals surface area contributed by atoms with E-state index in [1.165, 1.54) is 57.2 Å². The molecule has 4 nitrogen and oxygen atoms in total. The zero-order valence-electron chi connectivity index (χ0n) is 12.8. The Kier molecular flexibility index (Phi) is 4.71. The fraction of sp³-hybridized carbons (Fsp3) is 0.875. The number of hydrogen-bond donors (Lipinski definition) is 1. The first-order valence-corrected chi connectivity index (χ1v) is 8.49. The molecule has 1 aliphatic carbocycles. The number of fused-ring (bicyclic) bond motifs is 1. The van der Waals surface area contributed by atoms with Gasteiger partial charge in [0.05, 0.1) is 6.54 Å². The summed E-state index contributed by atoms with van der Waals surface area (Å²) >= 11 is 0. The maximum atomic E-state index is 4.38. The lowest BCUT2D eigenvalue weighted by molar-refractivity contribution is 0.331. The van der Waals surface area contributed by atoms with E-state index in [-0.39, 0.29) is 0 Å². The Morgan fingerprint density at radius 1 is 1.10 bits per heavy atom. The summed E-state index contributed by atoms with van der Waals surface area (Å²) in [5.41, 5.74) is 0. The minimum Gasteiger partial charge on any atom is -0.314 e. The van der Waals surface area contributed by atoms with Crippen molar-refractivity contribution in [2.45, 2.75) is 83.8 Å². The van der Waals surface area contributed by atoms with Crippen molar-refractivity contribution in [3.8, 4) is 0 Å². The number of nitrogens with zero attached hydrogens (tertiary/aromatic N) is 3. The SMILES string of the molecule is C[C@H](NCc1nnc2n1CCCC2)C1CCCCCC1. The van der Waals surface area contributed by atoms with Crippen molar-refractivity contribution >= 4 is 0 Å². The molecule has 4 heteroatoms. The number of nitrogens with one attached hydrogen (secondary N) is 1. The fourth-order valence-electron chi connectivity index (χ4n) is 3.73. The monoisotopic (exact) mass is 276 g/mol. The van der Waals surface area contributed by atoms with E-state index in [0.29, 0.717) is 6.04 Å². The van der Waals surface area contributed by atoms with Crippen LogP contribution in [0.2, 0.25) is 0 Å². The second kappa shape index (κ2) is 6.70. The molecule has 0 spiro atoms. The Morgan fingerprint density at radius 3 is 2.70 bits per heavy atom. The average Bonchev–Trinajstić information content (AvgIpc) is 2.70. The van der Waals surface area contributed by atoms with Gasteiger partial charge in [-0.2, -0.15) is 0 Å². The smallest absolute Gasteiger partial charge is 0.147 e. The third-order valence-electron chi connectivity index (χ3n) is 5.13. The highest BCUT2D eigenvalue weighted by Crippen LogP contribution is 2.25. The topological polar surface area (TPSA) is 42.7 Å². The normalized spacial score (nSPS) is 22.2. The predicted octanol–water partition coefficient (Wildman–Crippen LogP) is 3.06. The van der Waals surface area contributed by atoms with Gasteiger partial charge in [-0.1, -0.05) is 25.7 Å². The second-order valence-electron chi connectivity index (χ2n) is 6.56. The van der Waals surface area contributed by atoms with Crippen LogP contribution in [0.4, 0.5) is 0 Å². The number of aryl methyl sites for hydroxylation is 1. The van der Waals surface area contributed by atoms with E-state index in [2.05, 4.69) is 27.0 Å². The van der Waals surface area contributed by atoms with E-state index >= 15 is 0 Å². The molecule has 20 heavy (non-hydrogen) atoms. The molecule has 0 radical (unpaired) electrons. The summed E-state index contributed by atoms with van der Waals surface area (Å²) in [5.74, 6) is 3.18. The molecule has 1 aliphatic heterocycles. The summed E-state index contributed by atoms with van der Waals surface area (Å²) in [6, 6.07) is 0.602. The first kappa shape index (κ1) is 14.1. The van der Waals surface area contributed by atoms with Crippen molar-refractivity contribution in [3.05, 3.63) is 11.6 Å². The first-order valence-electron chi connectivity index (χ1n) is 8.49. The summed E-state index contributed by atoms with van der Waals surface area (Å²) in [6.45, 7) is 4.34. The first-order chi connectivity index (χ1) is 9.84. The van der Waals surface area contributed by atoms with Gasteiger partial charge in [-0.05, 0) is 38.5 Å². The van der Waals surface area contributed by atoms with Crippen molar-refractivity contribution < 1.29 is 0 Å². The number of hydrogen-bond acceptors (Lipinski definition) is 3.